The summed E-state index contributed by atoms with van der Waals surface area (Å²) in [6, 6.07) is 8.49. The number of carbonyl (C=O) groups is 1. The number of phenols is 1. The Morgan fingerprint density at radius 1 is 1.24 bits per heavy atom. The van der Waals surface area contributed by atoms with Gasteiger partial charge in [-0.3, -0.25) is 14.9 Å². The molecule has 0 unspecified atom stereocenters. The fourth-order valence-electron chi connectivity index (χ4n) is 2.03. The number of nitro benzene ring substituents is 1. The van der Waals surface area contributed by atoms with Gasteiger partial charge in [-0.15, -0.1) is 0 Å². The summed E-state index contributed by atoms with van der Waals surface area (Å²) in [6.45, 7) is 0. The lowest BCUT2D eigenvalue weighted by Crippen LogP contribution is -2.17. The fourth-order valence-corrected chi connectivity index (χ4v) is 2.03. The van der Waals surface area contributed by atoms with Crippen LogP contribution >= 0.6 is 0 Å². The molecule has 0 aliphatic rings. The van der Waals surface area contributed by atoms with Gasteiger partial charge in [0.05, 0.1) is 42.6 Å². The van der Waals surface area contributed by atoms with Gasteiger partial charge < -0.3 is 14.6 Å². The fraction of sp³-hybridized carbons (Fsp3) is 0.125. The van der Waals surface area contributed by atoms with Crippen LogP contribution in [0.25, 0.3) is 0 Å². The Hall–Kier alpha value is -3.62. The van der Waals surface area contributed by atoms with Gasteiger partial charge in [0, 0.05) is 0 Å². The third-order valence-corrected chi connectivity index (χ3v) is 3.25. The van der Waals surface area contributed by atoms with Crippen molar-refractivity contribution >= 4 is 17.8 Å². The predicted octanol–water partition coefficient (Wildman–Crippen LogP) is 2.08. The summed E-state index contributed by atoms with van der Waals surface area (Å²) in [5.74, 6) is -0.379. The van der Waals surface area contributed by atoms with Gasteiger partial charge in [0.2, 0.25) is 0 Å². The van der Waals surface area contributed by atoms with Gasteiger partial charge in [0.1, 0.15) is 5.75 Å². The van der Waals surface area contributed by atoms with Crippen molar-refractivity contribution < 1.29 is 24.3 Å². The Bertz CT molecular complexity index is 835. The number of rotatable bonds is 6. The van der Waals surface area contributed by atoms with E-state index in [9.17, 15) is 20.0 Å². The van der Waals surface area contributed by atoms with Crippen molar-refractivity contribution in [2.75, 3.05) is 14.2 Å². The third kappa shape index (κ3) is 4.02. The van der Waals surface area contributed by atoms with Crippen molar-refractivity contribution in [3.63, 3.8) is 0 Å². The normalized spacial score (nSPS) is 10.5. The SMILES string of the molecule is COc1cc(/C=N\NC(=O)c2ccccc2O)c([N+](=O)[O-])cc1OC. The van der Waals surface area contributed by atoms with E-state index in [0.717, 1.165) is 6.21 Å². The van der Waals surface area contributed by atoms with Gasteiger partial charge in [-0.2, -0.15) is 5.10 Å². The monoisotopic (exact) mass is 345 g/mol. The summed E-state index contributed by atoms with van der Waals surface area (Å²) in [7, 11) is 2.76. The molecule has 130 valence electrons. The van der Waals surface area contributed by atoms with Crippen LogP contribution in [0.3, 0.4) is 0 Å². The molecule has 0 aromatic heterocycles. The number of amides is 1. The first-order chi connectivity index (χ1) is 12.0. The minimum absolute atomic E-state index is 0.0291. The molecule has 9 nitrogen and oxygen atoms in total. The Kier molecular flexibility index (Phi) is 5.51. The standard InChI is InChI=1S/C16H15N3O6/c1-24-14-7-10(12(19(22)23)8-15(14)25-2)9-17-18-16(21)11-5-3-4-6-13(11)20/h3-9,20H,1-2H3,(H,18,21)/b17-9-. The number of nitrogens with zero attached hydrogens (tertiary/aromatic N) is 2. The molecule has 0 radical (unpaired) electrons. The zero-order valence-corrected chi connectivity index (χ0v) is 13.4. The van der Waals surface area contributed by atoms with E-state index in [1.807, 2.05) is 0 Å². The van der Waals surface area contributed by atoms with Crippen LogP contribution in [-0.4, -0.2) is 36.4 Å². The molecule has 0 aliphatic carbocycles. The molecule has 2 aromatic rings. The highest BCUT2D eigenvalue weighted by Crippen LogP contribution is 2.33. The van der Waals surface area contributed by atoms with Gasteiger partial charge in [0.25, 0.3) is 11.6 Å². The number of para-hydroxylation sites is 1. The molecular formula is C16H15N3O6. The Labute approximate surface area is 142 Å². The average Bonchev–Trinajstić information content (AvgIpc) is 2.61. The summed E-state index contributed by atoms with van der Waals surface area (Å²) in [4.78, 5) is 22.5. The molecular weight excluding hydrogens is 330 g/mol. The van der Waals surface area contributed by atoms with Crippen LogP contribution in [-0.2, 0) is 0 Å². The minimum Gasteiger partial charge on any atom is -0.507 e. The van der Waals surface area contributed by atoms with E-state index in [1.54, 1.807) is 12.1 Å². The second-order valence-corrected chi connectivity index (χ2v) is 4.74. The third-order valence-electron chi connectivity index (χ3n) is 3.25. The molecule has 0 aliphatic heterocycles. The number of phenolic OH excluding ortho intramolecular Hbond substituents is 1. The Balaban J connectivity index is 2.26. The number of hydrogen-bond acceptors (Lipinski definition) is 7. The van der Waals surface area contributed by atoms with E-state index >= 15 is 0 Å². The van der Waals surface area contributed by atoms with E-state index in [4.69, 9.17) is 9.47 Å². The molecule has 1 amide bonds. The number of benzene rings is 2. The van der Waals surface area contributed by atoms with Crippen molar-refractivity contribution in [3.8, 4) is 17.2 Å². The Morgan fingerprint density at radius 2 is 1.88 bits per heavy atom. The zero-order chi connectivity index (χ0) is 18.4. The molecule has 0 bridgehead atoms. The van der Waals surface area contributed by atoms with Gasteiger partial charge >= 0.3 is 0 Å². The lowest BCUT2D eigenvalue weighted by Gasteiger charge is -2.08. The smallest absolute Gasteiger partial charge is 0.282 e. The maximum Gasteiger partial charge on any atom is 0.282 e. The molecule has 2 N–H and O–H groups in total. The summed E-state index contributed by atoms with van der Waals surface area (Å²) >= 11 is 0. The second-order valence-electron chi connectivity index (χ2n) is 4.74. The van der Waals surface area contributed by atoms with Gasteiger partial charge in [0.15, 0.2) is 11.5 Å². The molecule has 9 heteroatoms. The summed E-state index contributed by atoms with van der Waals surface area (Å²) < 4.78 is 10.1. The number of nitrogens with one attached hydrogen (secondary N) is 1. The molecule has 2 aromatic carbocycles. The molecule has 0 saturated carbocycles. The highest BCUT2D eigenvalue weighted by atomic mass is 16.6. The van der Waals surface area contributed by atoms with Crippen LogP contribution in [0.15, 0.2) is 41.5 Å². The van der Waals surface area contributed by atoms with Crippen molar-refractivity contribution in [1.82, 2.24) is 5.43 Å². The number of hydrazone groups is 1. The van der Waals surface area contributed by atoms with Gasteiger partial charge in [-0.25, -0.2) is 5.43 Å². The number of hydrogen-bond donors (Lipinski definition) is 2. The molecule has 2 rings (SSSR count). The second kappa shape index (κ2) is 7.77. The highest BCUT2D eigenvalue weighted by Gasteiger charge is 2.18. The first-order valence-electron chi connectivity index (χ1n) is 6.99. The lowest BCUT2D eigenvalue weighted by atomic mass is 10.1. The number of aromatic hydroxyl groups is 1. The molecule has 25 heavy (non-hydrogen) atoms. The topological polar surface area (TPSA) is 123 Å². The van der Waals surface area contributed by atoms with Crippen LogP contribution in [0, 0.1) is 10.1 Å². The number of ether oxygens (including phenoxy) is 2. The van der Waals surface area contributed by atoms with Crippen LogP contribution in [0.4, 0.5) is 5.69 Å². The van der Waals surface area contributed by atoms with Crippen LogP contribution in [0.2, 0.25) is 0 Å². The predicted molar refractivity (Wildman–Crippen MR) is 89.4 cm³/mol. The van der Waals surface area contributed by atoms with Gasteiger partial charge in [-0.05, 0) is 18.2 Å². The first kappa shape index (κ1) is 17.7. The van der Waals surface area contributed by atoms with Crippen molar-refractivity contribution in [2.24, 2.45) is 5.10 Å². The van der Waals surface area contributed by atoms with Crippen molar-refractivity contribution in [2.45, 2.75) is 0 Å². The maximum atomic E-state index is 11.9. The van der Waals surface area contributed by atoms with Gasteiger partial charge in [-0.1, -0.05) is 12.1 Å². The zero-order valence-electron chi connectivity index (χ0n) is 13.4. The van der Waals surface area contributed by atoms with Crippen LogP contribution in [0.1, 0.15) is 15.9 Å². The van der Waals surface area contributed by atoms with E-state index in [2.05, 4.69) is 10.5 Å². The molecule has 0 saturated heterocycles. The quantitative estimate of drug-likeness (QED) is 0.469. The Morgan fingerprint density at radius 3 is 2.48 bits per heavy atom. The van der Waals surface area contributed by atoms with Crippen molar-refractivity contribution in [1.29, 1.82) is 0 Å². The molecule has 0 heterocycles. The summed E-state index contributed by atoms with van der Waals surface area (Å²) in [5, 5.41) is 24.5. The van der Waals surface area contributed by atoms with Crippen molar-refractivity contribution in [3.05, 3.63) is 57.6 Å². The number of carbonyl (C=O) groups excluding carboxylic acids is 1. The van der Waals surface area contributed by atoms with E-state index in [1.165, 1.54) is 38.5 Å². The minimum atomic E-state index is -0.655. The highest BCUT2D eigenvalue weighted by molar-refractivity contribution is 5.97. The largest absolute Gasteiger partial charge is 0.507 e. The molecule has 0 fully saturated rings. The van der Waals surface area contributed by atoms with E-state index < -0.39 is 10.8 Å². The summed E-state index contributed by atoms with van der Waals surface area (Å²) in [5.41, 5.74) is 2.07. The van der Waals surface area contributed by atoms with Crippen LogP contribution < -0.4 is 14.9 Å². The van der Waals surface area contributed by atoms with Crippen LogP contribution in [0.5, 0.6) is 17.2 Å². The lowest BCUT2D eigenvalue weighted by molar-refractivity contribution is -0.385. The van der Waals surface area contributed by atoms with E-state index in [0.29, 0.717) is 0 Å². The number of nitro groups is 1. The number of methoxy groups -OCH3 is 2. The first-order valence-corrected chi connectivity index (χ1v) is 6.99. The average molecular weight is 345 g/mol. The van der Waals surface area contributed by atoms with E-state index in [-0.39, 0.29) is 34.1 Å². The molecule has 0 spiro atoms. The summed E-state index contributed by atoms with van der Waals surface area (Å²) in [6.07, 6.45) is 1.11. The molecule has 0 atom stereocenters. The maximum absolute atomic E-state index is 11.9.